The van der Waals surface area contributed by atoms with Crippen LogP contribution in [-0.4, -0.2) is 26.3 Å². The third kappa shape index (κ3) is 2.73. The molecule has 2 heterocycles. The van der Waals surface area contributed by atoms with Crippen LogP contribution in [0.2, 0.25) is 0 Å². The predicted molar refractivity (Wildman–Crippen MR) is 69.3 cm³/mol. The van der Waals surface area contributed by atoms with Crippen LogP contribution >= 0.6 is 11.5 Å². The third-order valence-electron chi connectivity index (χ3n) is 2.56. The van der Waals surface area contributed by atoms with Crippen LogP contribution in [-0.2, 0) is 6.42 Å². The van der Waals surface area contributed by atoms with E-state index in [1.54, 1.807) is 0 Å². The highest BCUT2D eigenvalue weighted by Gasteiger charge is 2.18. The highest BCUT2D eigenvalue weighted by Crippen LogP contribution is 2.26. The quantitative estimate of drug-likeness (QED) is 0.864. The summed E-state index contributed by atoms with van der Waals surface area (Å²) in [7, 11) is 0. The summed E-state index contributed by atoms with van der Waals surface area (Å²) in [5, 5.41) is 15.5. The Morgan fingerprint density at radius 3 is 2.83 bits per heavy atom. The minimum atomic E-state index is 0.0618. The minimum absolute atomic E-state index is 0.0618. The van der Waals surface area contributed by atoms with Gasteiger partial charge in [0.2, 0.25) is 5.89 Å². The summed E-state index contributed by atoms with van der Waals surface area (Å²) in [5.41, 5.74) is 0.939. The summed E-state index contributed by atoms with van der Waals surface area (Å²) in [6.45, 7) is 7.01. The first-order valence-electron chi connectivity index (χ1n) is 6.14. The molecule has 0 aliphatic heterocycles. The maximum Gasteiger partial charge on any atom is 0.261 e. The predicted octanol–water partition coefficient (Wildman–Crippen LogP) is 2.21. The van der Waals surface area contributed by atoms with Gasteiger partial charge in [0.05, 0.1) is 11.7 Å². The Kier molecular flexibility index (Phi) is 4.38. The second kappa shape index (κ2) is 6.01. The SMILES string of the molecule is CCCc1nnsc1-c1nnc(C(C)NCC)o1. The molecule has 2 aromatic rings. The van der Waals surface area contributed by atoms with Gasteiger partial charge in [-0.2, -0.15) is 0 Å². The fraction of sp³-hybridized carbons (Fsp3) is 0.636. The van der Waals surface area contributed by atoms with Crippen molar-refractivity contribution in [2.45, 2.75) is 39.7 Å². The average molecular weight is 267 g/mol. The smallest absolute Gasteiger partial charge is 0.261 e. The first-order valence-corrected chi connectivity index (χ1v) is 6.92. The number of nitrogens with zero attached hydrogens (tertiary/aromatic N) is 4. The monoisotopic (exact) mass is 267 g/mol. The van der Waals surface area contributed by atoms with E-state index in [4.69, 9.17) is 4.42 Å². The lowest BCUT2D eigenvalue weighted by molar-refractivity contribution is 0.429. The van der Waals surface area contributed by atoms with Gasteiger partial charge in [0, 0.05) is 0 Å². The lowest BCUT2D eigenvalue weighted by Crippen LogP contribution is -2.17. The van der Waals surface area contributed by atoms with E-state index in [1.807, 2.05) is 13.8 Å². The van der Waals surface area contributed by atoms with Crippen molar-refractivity contribution in [2.24, 2.45) is 0 Å². The zero-order chi connectivity index (χ0) is 13.0. The van der Waals surface area contributed by atoms with Crippen molar-refractivity contribution >= 4 is 11.5 Å². The molecule has 0 aromatic carbocycles. The second-order valence-corrected chi connectivity index (χ2v) is 4.78. The molecule has 98 valence electrons. The van der Waals surface area contributed by atoms with Gasteiger partial charge in [-0.25, -0.2) is 0 Å². The molecule has 0 bridgehead atoms. The van der Waals surface area contributed by atoms with Crippen LogP contribution in [0.25, 0.3) is 10.8 Å². The second-order valence-electron chi connectivity index (χ2n) is 4.02. The van der Waals surface area contributed by atoms with E-state index in [1.165, 1.54) is 11.5 Å². The zero-order valence-corrected chi connectivity index (χ0v) is 11.6. The van der Waals surface area contributed by atoms with E-state index in [2.05, 4.69) is 32.0 Å². The van der Waals surface area contributed by atoms with E-state index < -0.39 is 0 Å². The Morgan fingerprint density at radius 1 is 1.28 bits per heavy atom. The Labute approximate surface area is 110 Å². The van der Waals surface area contributed by atoms with Crippen LogP contribution in [0.15, 0.2) is 4.42 Å². The number of hydrogen-bond acceptors (Lipinski definition) is 7. The van der Waals surface area contributed by atoms with Crippen LogP contribution in [0.5, 0.6) is 0 Å². The number of rotatable bonds is 6. The molecular weight excluding hydrogens is 250 g/mol. The molecule has 0 aliphatic carbocycles. The topological polar surface area (TPSA) is 76.7 Å². The third-order valence-corrected chi connectivity index (χ3v) is 3.31. The molecule has 2 rings (SSSR count). The molecule has 0 spiro atoms. The first-order chi connectivity index (χ1) is 8.76. The van der Waals surface area contributed by atoms with Crippen molar-refractivity contribution in [1.29, 1.82) is 0 Å². The summed E-state index contributed by atoms with van der Waals surface area (Å²) in [4.78, 5) is 0.888. The van der Waals surface area contributed by atoms with Crippen LogP contribution < -0.4 is 5.32 Å². The summed E-state index contributed by atoms with van der Waals surface area (Å²) in [5.74, 6) is 1.12. The molecule has 0 amide bonds. The molecular formula is C11H17N5OS. The molecule has 18 heavy (non-hydrogen) atoms. The molecule has 0 saturated heterocycles. The normalized spacial score (nSPS) is 12.8. The van der Waals surface area contributed by atoms with E-state index in [0.717, 1.165) is 30.0 Å². The van der Waals surface area contributed by atoms with Crippen molar-refractivity contribution in [3.05, 3.63) is 11.6 Å². The number of aromatic nitrogens is 4. The minimum Gasteiger partial charge on any atom is -0.418 e. The molecule has 1 N–H and O–H groups in total. The number of aryl methyl sites for hydroxylation is 1. The summed E-state index contributed by atoms with van der Waals surface area (Å²) in [6, 6.07) is 0.0618. The molecule has 0 radical (unpaired) electrons. The van der Waals surface area contributed by atoms with Crippen molar-refractivity contribution in [3.63, 3.8) is 0 Å². The number of nitrogens with one attached hydrogen (secondary N) is 1. The standard InChI is InChI=1S/C11H17N5OS/c1-4-6-8-9(18-16-13-8)11-15-14-10(17-11)7(3)12-5-2/h7,12H,4-6H2,1-3H3. The van der Waals surface area contributed by atoms with Gasteiger partial charge in [0.25, 0.3) is 5.89 Å². The highest BCUT2D eigenvalue weighted by molar-refractivity contribution is 7.09. The molecule has 0 fully saturated rings. The first kappa shape index (κ1) is 13.1. The van der Waals surface area contributed by atoms with Crippen molar-refractivity contribution in [2.75, 3.05) is 6.54 Å². The van der Waals surface area contributed by atoms with Crippen molar-refractivity contribution in [3.8, 4) is 10.8 Å². The molecule has 2 aromatic heterocycles. The largest absolute Gasteiger partial charge is 0.418 e. The van der Waals surface area contributed by atoms with E-state index in [9.17, 15) is 0 Å². The molecule has 6 nitrogen and oxygen atoms in total. The Balaban J connectivity index is 2.21. The Bertz CT molecular complexity index is 495. The maximum absolute atomic E-state index is 5.68. The van der Waals surface area contributed by atoms with Gasteiger partial charge in [-0.1, -0.05) is 24.8 Å². The fourth-order valence-corrected chi connectivity index (χ4v) is 2.30. The molecule has 1 atom stereocenters. The van der Waals surface area contributed by atoms with Gasteiger partial charge in [-0.3, -0.25) is 0 Å². The van der Waals surface area contributed by atoms with Crippen LogP contribution in [0, 0.1) is 0 Å². The van der Waals surface area contributed by atoms with Gasteiger partial charge in [0.1, 0.15) is 4.88 Å². The van der Waals surface area contributed by atoms with Crippen LogP contribution in [0.1, 0.15) is 44.8 Å². The molecule has 7 heteroatoms. The lowest BCUT2D eigenvalue weighted by atomic mass is 10.2. The highest BCUT2D eigenvalue weighted by atomic mass is 32.1. The molecule has 0 saturated carbocycles. The average Bonchev–Trinajstić information content (AvgIpc) is 2.97. The Morgan fingerprint density at radius 2 is 2.11 bits per heavy atom. The lowest BCUT2D eigenvalue weighted by Gasteiger charge is -2.05. The van der Waals surface area contributed by atoms with Crippen molar-refractivity contribution < 1.29 is 4.42 Å². The summed E-state index contributed by atoms with van der Waals surface area (Å²) >= 11 is 1.30. The van der Waals surface area contributed by atoms with E-state index in [0.29, 0.717) is 11.8 Å². The van der Waals surface area contributed by atoms with Gasteiger partial charge in [-0.05, 0) is 31.4 Å². The maximum atomic E-state index is 5.68. The molecule has 1 unspecified atom stereocenters. The number of hydrogen-bond donors (Lipinski definition) is 1. The van der Waals surface area contributed by atoms with Crippen molar-refractivity contribution in [1.82, 2.24) is 25.1 Å². The zero-order valence-electron chi connectivity index (χ0n) is 10.8. The fourth-order valence-electron chi connectivity index (χ4n) is 1.67. The van der Waals surface area contributed by atoms with E-state index in [-0.39, 0.29) is 6.04 Å². The van der Waals surface area contributed by atoms with Gasteiger partial charge in [-0.15, -0.1) is 15.3 Å². The van der Waals surface area contributed by atoms with E-state index >= 15 is 0 Å². The summed E-state index contributed by atoms with van der Waals surface area (Å²) in [6.07, 6.45) is 1.90. The Hall–Kier alpha value is -1.34. The van der Waals surface area contributed by atoms with Gasteiger partial charge >= 0.3 is 0 Å². The van der Waals surface area contributed by atoms with Crippen LogP contribution in [0.4, 0.5) is 0 Å². The summed E-state index contributed by atoms with van der Waals surface area (Å²) < 4.78 is 9.63. The van der Waals surface area contributed by atoms with Gasteiger partial charge < -0.3 is 9.73 Å². The van der Waals surface area contributed by atoms with Crippen LogP contribution in [0.3, 0.4) is 0 Å². The van der Waals surface area contributed by atoms with Gasteiger partial charge in [0.15, 0.2) is 0 Å². The molecule has 0 aliphatic rings.